The van der Waals surface area contributed by atoms with Crippen LogP contribution in [-0.4, -0.2) is 33.4 Å². The number of carbonyl (C=O) groups is 1. The first-order valence-corrected chi connectivity index (χ1v) is 14.7. The highest BCUT2D eigenvalue weighted by Gasteiger charge is 2.36. The van der Waals surface area contributed by atoms with E-state index in [0.717, 1.165) is 31.4 Å². The fourth-order valence-electron chi connectivity index (χ4n) is 4.75. The van der Waals surface area contributed by atoms with Crippen molar-refractivity contribution >= 4 is 49.5 Å². The number of anilines is 4. The predicted octanol–water partition coefficient (Wildman–Crippen LogP) is 6.07. The molecule has 1 aliphatic rings. The van der Waals surface area contributed by atoms with Crippen LogP contribution >= 0.6 is 0 Å². The molecule has 4 aromatic rings. The van der Waals surface area contributed by atoms with Gasteiger partial charge in [-0.15, -0.1) is 0 Å². The SMILES string of the molecule is CS(N)(=O)=NCCC1(Nc2ccc(NC(=O)c3cccc(Nc4ccnc5ccc(F)cc45)c3)cc2)CCC1. The maximum absolute atomic E-state index is 13.8. The molecule has 1 heterocycles. The van der Waals surface area contributed by atoms with Crippen LogP contribution in [0.4, 0.5) is 27.1 Å². The van der Waals surface area contributed by atoms with E-state index in [1.165, 1.54) is 18.4 Å². The second kappa shape index (κ2) is 11.0. The molecule has 1 saturated carbocycles. The van der Waals surface area contributed by atoms with Crippen LogP contribution in [0.3, 0.4) is 0 Å². The lowest BCUT2D eigenvalue weighted by molar-refractivity contribution is 0.102. The summed E-state index contributed by atoms with van der Waals surface area (Å²) in [6, 6.07) is 20.9. The summed E-state index contributed by atoms with van der Waals surface area (Å²) in [5, 5.41) is 16.0. The number of halogens is 1. The first-order chi connectivity index (χ1) is 18.7. The summed E-state index contributed by atoms with van der Waals surface area (Å²) in [5.41, 5.74) is 4.10. The molecule has 0 bridgehead atoms. The molecule has 0 aliphatic heterocycles. The van der Waals surface area contributed by atoms with Gasteiger partial charge < -0.3 is 16.0 Å². The summed E-state index contributed by atoms with van der Waals surface area (Å²) in [7, 11) is -2.59. The molecular formula is C29H31FN6O2S. The summed E-state index contributed by atoms with van der Waals surface area (Å²) < 4.78 is 29.6. The zero-order valence-corrected chi connectivity index (χ0v) is 22.4. The Balaban J connectivity index is 1.23. The number of nitrogens with two attached hydrogens (primary N) is 1. The summed E-state index contributed by atoms with van der Waals surface area (Å²) in [4.78, 5) is 17.3. The molecular weight excluding hydrogens is 515 g/mol. The third kappa shape index (κ3) is 6.71. The topological polar surface area (TPSA) is 122 Å². The maximum atomic E-state index is 13.8. The van der Waals surface area contributed by atoms with E-state index in [-0.39, 0.29) is 17.3 Å². The van der Waals surface area contributed by atoms with Crippen LogP contribution in [0.1, 0.15) is 36.0 Å². The van der Waals surface area contributed by atoms with Gasteiger partial charge >= 0.3 is 0 Å². The molecule has 3 aromatic carbocycles. The van der Waals surface area contributed by atoms with E-state index in [1.54, 1.807) is 36.5 Å². The minimum atomic E-state index is -2.59. The molecule has 10 heteroatoms. The molecule has 5 N–H and O–H groups in total. The number of pyridine rings is 1. The molecule has 39 heavy (non-hydrogen) atoms. The van der Waals surface area contributed by atoms with Crippen molar-refractivity contribution in [1.29, 1.82) is 0 Å². The van der Waals surface area contributed by atoms with Gasteiger partial charge in [-0.1, -0.05) is 6.07 Å². The monoisotopic (exact) mass is 546 g/mol. The van der Waals surface area contributed by atoms with Crippen LogP contribution in [0.5, 0.6) is 0 Å². The second-order valence-corrected chi connectivity index (χ2v) is 12.0. The average molecular weight is 547 g/mol. The predicted molar refractivity (Wildman–Crippen MR) is 156 cm³/mol. The Bertz CT molecular complexity index is 1620. The molecule has 0 spiro atoms. The van der Waals surface area contributed by atoms with E-state index in [4.69, 9.17) is 5.14 Å². The van der Waals surface area contributed by atoms with Gasteiger partial charge in [-0.25, -0.2) is 18.1 Å². The lowest BCUT2D eigenvalue weighted by atomic mass is 9.74. The van der Waals surface area contributed by atoms with E-state index >= 15 is 0 Å². The molecule has 1 aliphatic carbocycles. The highest BCUT2D eigenvalue weighted by Crippen LogP contribution is 2.38. The minimum Gasteiger partial charge on any atom is -0.380 e. The van der Waals surface area contributed by atoms with E-state index in [0.29, 0.717) is 40.1 Å². The van der Waals surface area contributed by atoms with Gasteiger partial charge in [0.1, 0.15) is 15.7 Å². The van der Waals surface area contributed by atoms with Crippen molar-refractivity contribution < 1.29 is 13.4 Å². The van der Waals surface area contributed by atoms with Crippen molar-refractivity contribution in [3.63, 3.8) is 0 Å². The molecule has 1 amide bonds. The van der Waals surface area contributed by atoms with Crippen molar-refractivity contribution in [3.05, 3.63) is 90.4 Å². The van der Waals surface area contributed by atoms with Gasteiger partial charge in [0.15, 0.2) is 0 Å². The fourth-order valence-corrected chi connectivity index (χ4v) is 5.20. The Kier molecular flexibility index (Phi) is 7.49. The van der Waals surface area contributed by atoms with Gasteiger partial charge in [0.25, 0.3) is 5.91 Å². The number of rotatable bonds is 9. The lowest BCUT2D eigenvalue weighted by Crippen LogP contribution is -2.45. The number of nitrogens with zero attached hydrogens (tertiary/aromatic N) is 2. The minimum absolute atomic E-state index is 0.0711. The van der Waals surface area contributed by atoms with Gasteiger partial charge in [-0.2, -0.15) is 0 Å². The smallest absolute Gasteiger partial charge is 0.255 e. The first kappa shape index (κ1) is 26.6. The summed E-state index contributed by atoms with van der Waals surface area (Å²) >= 11 is 0. The molecule has 1 atom stereocenters. The van der Waals surface area contributed by atoms with E-state index in [1.807, 2.05) is 30.3 Å². The molecule has 202 valence electrons. The molecule has 1 unspecified atom stereocenters. The number of carbonyl (C=O) groups excluding carboxylic acids is 1. The van der Waals surface area contributed by atoms with Gasteiger partial charge in [0, 0.05) is 51.7 Å². The van der Waals surface area contributed by atoms with Crippen molar-refractivity contribution in [2.45, 2.75) is 31.2 Å². The first-order valence-electron chi connectivity index (χ1n) is 12.7. The largest absolute Gasteiger partial charge is 0.380 e. The maximum Gasteiger partial charge on any atom is 0.255 e. The Morgan fingerprint density at radius 1 is 1.05 bits per heavy atom. The molecule has 0 radical (unpaired) electrons. The number of nitrogens with one attached hydrogen (secondary N) is 3. The zero-order chi connectivity index (χ0) is 27.5. The van der Waals surface area contributed by atoms with Crippen molar-refractivity contribution in [2.24, 2.45) is 9.50 Å². The third-order valence-corrected chi connectivity index (χ3v) is 7.60. The average Bonchev–Trinajstić information content (AvgIpc) is 2.88. The Morgan fingerprint density at radius 2 is 1.82 bits per heavy atom. The molecule has 1 aromatic heterocycles. The van der Waals surface area contributed by atoms with Crippen LogP contribution in [0.25, 0.3) is 10.9 Å². The van der Waals surface area contributed by atoms with Crippen molar-refractivity contribution in [1.82, 2.24) is 4.98 Å². The molecule has 5 rings (SSSR count). The zero-order valence-electron chi connectivity index (χ0n) is 21.6. The summed E-state index contributed by atoms with van der Waals surface area (Å²) in [5.74, 6) is -0.586. The van der Waals surface area contributed by atoms with Crippen LogP contribution in [0.15, 0.2) is 83.4 Å². The van der Waals surface area contributed by atoms with Gasteiger partial charge in [-0.05, 0) is 92.4 Å². The van der Waals surface area contributed by atoms with Gasteiger partial charge in [0.05, 0.1) is 12.1 Å². The van der Waals surface area contributed by atoms with Crippen molar-refractivity contribution in [2.75, 3.05) is 28.8 Å². The lowest BCUT2D eigenvalue weighted by Gasteiger charge is -2.43. The van der Waals surface area contributed by atoms with Gasteiger partial charge in [0.2, 0.25) is 0 Å². The van der Waals surface area contributed by atoms with E-state index in [2.05, 4.69) is 25.3 Å². The van der Waals surface area contributed by atoms with Crippen molar-refractivity contribution in [3.8, 4) is 0 Å². The highest BCUT2D eigenvalue weighted by atomic mass is 32.2. The molecule has 1 fully saturated rings. The third-order valence-electron chi connectivity index (χ3n) is 6.91. The van der Waals surface area contributed by atoms with Crippen LogP contribution < -0.4 is 21.1 Å². The van der Waals surface area contributed by atoms with E-state index in [9.17, 15) is 13.4 Å². The number of benzene rings is 3. The Morgan fingerprint density at radius 3 is 2.54 bits per heavy atom. The number of hydrogen-bond donors (Lipinski definition) is 4. The molecule has 0 saturated heterocycles. The van der Waals surface area contributed by atoms with Crippen LogP contribution in [0, 0.1) is 5.82 Å². The highest BCUT2D eigenvalue weighted by molar-refractivity contribution is 7.90. The quantitative estimate of drug-likeness (QED) is 0.203. The van der Waals surface area contributed by atoms with Gasteiger partial charge in [-0.3, -0.25) is 9.78 Å². The Hall–Kier alpha value is -4.02. The number of fused-ring (bicyclic) bond motifs is 1. The number of amides is 1. The summed E-state index contributed by atoms with van der Waals surface area (Å²) in [6.45, 7) is 0.454. The van der Waals surface area contributed by atoms with Crippen LogP contribution in [0.2, 0.25) is 0 Å². The van der Waals surface area contributed by atoms with E-state index < -0.39 is 9.92 Å². The fraction of sp³-hybridized carbons (Fsp3) is 0.241. The standard InChI is InChI=1S/C29H31FN6O2S/c1-39(31,38)33-17-15-29(13-3-14-29)36-23-9-7-22(8-10-23)35-28(37)20-4-2-5-24(18-20)34-27-12-16-32-26-11-6-21(30)19-25(26)27/h2,4-12,16,18-19,36H,3,13-15,17H2,1H3,(H,32,34)(H,35,37)(H2,31,33,38). The number of aromatic nitrogens is 1. The Labute approximate surface area is 227 Å². The van der Waals surface area contributed by atoms with Crippen LogP contribution in [-0.2, 0) is 9.92 Å². The second-order valence-electron chi connectivity index (χ2n) is 9.98. The summed E-state index contributed by atoms with van der Waals surface area (Å²) in [6.07, 6.45) is 7.04. The number of hydrogen-bond acceptors (Lipinski definition) is 6. The normalized spacial score (nSPS) is 15.6. The molecule has 8 nitrogen and oxygen atoms in total.